The van der Waals surface area contributed by atoms with Gasteiger partial charge in [-0.1, -0.05) is 18.2 Å². The molecule has 0 unspecified atom stereocenters. The predicted molar refractivity (Wildman–Crippen MR) is 122 cm³/mol. The number of benzene rings is 2. The highest BCUT2D eigenvalue weighted by molar-refractivity contribution is 5.93. The number of nitriles is 1. The van der Waals surface area contributed by atoms with Gasteiger partial charge in [-0.15, -0.1) is 10.2 Å². The van der Waals surface area contributed by atoms with Crippen molar-refractivity contribution < 1.29 is 14.3 Å². The van der Waals surface area contributed by atoms with Gasteiger partial charge in [-0.05, 0) is 68.3 Å². The van der Waals surface area contributed by atoms with E-state index in [1.807, 2.05) is 32.0 Å². The van der Waals surface area contributed by atoms with Gasteiger partial charge in [0.25, 0.3) is 5.91 Å². The number of hydrogen-bond acceptors (Lipinski definition) is 7. The van der Waals surface area contributed by atoms with Crippen molar-refractivity contribution in [3.63, 3.8) is 0 Å². The molecule has 0 aliphatic rings. The summed E-state index contributed by atoms with van der Waals surface area (Å²) in [6.07, 6.45) is -0.0268. The van der Waals surface area contributed by atoms with E-state index in [9.17, 15) is 9.59 Å². The van der Waals surface area contributed by atoms with Crippen LogP contribution in [0, 0.1) is 25.2 Å². The summed E-state index contributed by atoms with van der Waals surface area (Å²) in [6.45, 7) is 7.66. The Hall–Kier alpha value is -4.06. The van der Waals surface area contributed by atoms with Crippen molar-refractivity contribution in [3.8, 4) is 17.5 Å². The number of rotatable bonds is 8. The van der Waals surface area contributed by atoms with E-state index in [0.717, 1.165) is 16.8 Å². The van der Waals surface area contributed by atoms with Gasteiger partial charge >= 0.3 is 5.97 Å². The molecule has 2 aromatic carbocycles. The van der Waals surface area contributed by atoms with E-state index in [2.05, 4.69) is 21.5 Å². The van der Waals surface area contributed by atoms with E-state index in [-0.39, 0.29) is 37.3 Å². The molecule has 9 nitrogen and oxygen atoms in total. The zero-order valence-electron chi connectivity index (χ0n) is 19.1. The smallest absolute Gasteiger partial charge is 0.338 e. The molecule has 0 radical (unpaired) electrons. The third kappa shape index (κ3) is 6.01. The van der Waals surface area contributed by atoms with Crippen molar-refractivity contribution in [1.29, 1.82) is 5.26 Å². The van der Waals surface area contributed by atoms with Crippen LogP contribution in [0.15, 0.2) is 42.5 Å². The molecular weight excluding hydrogens is 420 g/mol. The summed E-state index contributed by atoms with van der Waals surface area (Å²) in [7, 11) is 0. The molecule has 0 saturated heterocycles. The van der Waals surface area contributed by atoms with Crippen molar-refractivity contribution >= 4 is 17.6 Å². The highest BCUT2D eigenvalue weighted by Crippen LogP contribution is 2.20. The summed E-state index contributed by atoms with van der Waals surface area (Å²) in [6, 6.07) is 14.6. The second-order valence-electron chi connectivity index (χ2n) is 7.90. The predicted octanol–water partition coefficient (Wildman–Crippen LogP) is 3.47. The van der Waals surface area contributed by atoms with Gasteiger partial charge in [0.2, 0.25) is 5.82 Å². The molecule has 1 amide bonds. The average Bonchev–Trinajstić information content (AvgIpc) is 3.24. The molecule has 0 atom stereocenters. The van der Waals surface area contributed by atoms with E-state index in [1.165, 1.54) is 4.80 Å². The lowest BCUT2D eigenvalue weighted by Crippen LogP contribution is -2.35. The molecule has 0 bridgehead atoms. The van der Waals surface area contributed by atoms with Crippen LogP contribution in [0.2, 0.25) is 0 Å². The van der Waals surface area contributed by atoms with Gasteiger partial charge in [0.1, 0.15) is 6.54 Å². The van der Waals surface area contributed by atoms with E-state index in [1.54, 1.807) is 43.0 Å². The molecule has 170 valence electrons. The molecule has 0 fully saturated rings. The number of nitrogens with zero attached hydrogens (tertiary/aromatic N) is 6. The van der Waals surface area contributed by atoms with Crippen LogP contribution in [0.4, 0.5) is 5.69 Å². The first-order valence-corrected chi connectivity index (χ1v) is 10.6. The van der Waals surface area contributed by atoms with Crippen LogP contribution < -0.4 is 4.90 Å². The number of hydrogen-bond donors (Lipinski definition) is 0. The molecule has 0 spiro atoms. The van der Waals surface area contributed by atoms with Crippen molar-refractivity contribution in [3.05, 3.63) is 59.2 Å². The van der Waals surface area contributed by atoms with Gasteiger partial charge in [-0.25, -0.2) is 4.79 Å². The van der Waals surface area contributed by atoms with Crippen LogP contribution in [-0.4, -0.2) is 44.7 Å². The topological polar surface area (TPSA) is 114 Å². The van der Waals surface area contributed by atoms with Crippen LogP contribution in [-0.2, 0) is 16.1 Å². The van der Waals surface area contributed by atoms with Gasteiger partial charge in [-0.3, -0.25) is 4.79 Å². The number of amides is 1. The fraction of sp³-hybridized carbons (Fsp3) is 0.333. The summed E-state index contributed by atoms with van der Waals surface area (Å²) in [5.74, 6) is -0.403. The van der Waals surface area contributed by atoms with Crippen LogP contribution in [0.3, 0.4) is 0 Å². The highest BCUT2D eigenvalue weighted by Gasteiger charge is 2.19. The molecule has 0 N–H and O–H groups in total. The van der Waals surface area contributed by atoms with E-state index < -0.39 is 5.97 Å². The second kappa shape index (κ2) is 10.5. The molecule has 0 aliphatic carbocycles. The molecule has 9 heteroatoms. The largest absolute Gasteiger partial charge is 0.459 e. The molecule has 3 aromatic rings. The van der Waals surface area contributed by atoms with Crippen molar-refractivity contribution in [2.75, 3.05) is 11.4 Å². The molecule has 33 heavy (non-hydrogen) atoms. The van der Waals surface area contributed by atoms with Gasteiger partial charge in [-0.2, -0.15) is 10.1 Å². The molecule has 0 saturated carbocycles. The van der Waals surface area contributed by atoms with Gasteiger partial charge in [0, 0.05) is 17.8 Å². The lowest BCUT2D eigenvalue weighted by atomic mass is 10.1. The lowest BCUT2D eigenvalue weighted by molar-refractivity contribution is -0.119. The molecule has 1 aromatic heterocycles. The zero-order chi connectivity index (χ0) is 24.0. The third-order valence-corrected chi connectivity index (χ3v) is 4.98. The minimum atomic E-state index is -0.434. The van der Waals surface area contributed by atoms with E-state index >= 15 is 0 Å². The Morgan fingerprint density at radius 2 is 1.94 bits per heavy atom. The summed E-state index contributed by atoms with van der Waals surface area (Å²) in [5, 5.41) is 21.3. The van der Waals surface area contributed by atoms with Crippen molar-refractivity contribution in [2.45, 2.75) is 46.8 Å². The summed E-state index contributed by atoms with van der Waals surface area (Å²) in [5.41, 5.74) is 3.86. The monoisotopic (exact) mass is 446 g/mol. The quantitative estimate of drug-likeness (QED) is 0.487. The number of carbonyl (C=O) groups excluding carboxylic acids is 2. The number of ether oxygens (including phenoxy) is 1. The maximum atomic E-state index is 13.0. The number of aryl methyl sites for hydroxylation is 2. The fourth-order valence-corrected chi connectivity index (χ4v) is 3.15. The van der Waals surface area contributed by atoms with Gasteiger partial charge < -0.3 is 9.64 Å². The number of anilines is 1. The van der Waals surface area contributed by atoms with Gasteiger partial charge in [0.05, 0.1) is 24.2 Å². The van der Waals surface area contributed by atoms with E-state index in [0.29, 0.717) is 11.1 Å². The lowest BCUT2D eigenvalue weighted by Gasteiger charge is -2.22. The Morgan fingerprint density at radius 3 is 2.64 bits per heavy atom. The Morgan fingerprint density at radius 1 is 1.15 bits per heavy atom. The maximum Gasteiger partial charge on any atom is 0.338 e. The van der Waals surface area contributed by atoms with Crippen molar-refractivity contribution in [2.24, 2.45) is 0 Å². The molecule has 0 aliphatic heterocycles. The first kappa shape index (κ1) is 23.6. The SMILES string of the molecule is Cc1ccc(N(CCC#N)C(=O)Cn2nnc(-c3cccc(C(=O)OC(C)C)c3)n2)cc1C. The number of tetrazole rings is 1. The Labute approximate surface area is 192 Å². The zero-order valence-corrected chi connectivity index (χ0v) is 19.1. The molecule has 3 rings (SSSR count). The van der Waals surface area contributed by atoms with Crippen LogP contribution in [0.5, 0.6) is 0 Å². The van der Waals surface area contributed by atoms with Crippen LogP contribution in [0.1, 0.15) is 41.8 Å². The summed E-state index contributed by atoms with van der Waals surface area (Å²) < 4.78 is 5.23. The number of aromatic nitrogens is 4. The fourth-order valence-electron chi connectivity index (χ4n) is 3.15. The van der Waals surface area contributed by atoms with Gasteiger partial charge in [0.15, 0.2) is 0 Å². The van der Waals surface area contributed by atoms with Crippen LogP contribution >= 0.6 is 0 Å². The third-order valence-electron chi connectivity index (χ3n) is 4.98. The van der Waals surface area contributed by atoms with Crippen molar-refractivity contribution in [1.82, 2.24) is 20.2 Å². The average molecular weight is 447 g/mol. The first-order chi connectivity index (χ1) is 15.8. The maximum absolute atomic E-state index is 13.0. The number of esters is 1. The minimum Gasteiger partial charge on any atom is -0.459 e. The standard InChI is InChI=1S/C24H26N6O3/c1-16(2)33-24(32)20-8-5-7-19(14-20)23-26-28-30(27-23)15-22(31)29(12-6-11-25)21-10-9-17(3)18(4)13-21/h5,7-10,13-14,16H,6,12,15H2,1-4H3. The van der Waals surface area contributed by atoms with Crippen LogP contribution in [0.25, 0.3) is 11.4 Å². The second-order valence-corrected chi connectivity index (χ2v) is 7.90. The Kier molecular flexibility index (Phi) is 7.51. The Balaban J connectivity index is 1.78. The van der Waals surface area contributed by atoms with E-state index in [4.69, 9.17) is 10.00 Å². The first-order valence-electron chi connectivity index (χ1n) is 10.6. The molecule has 1 heterocycles. The summed E-state index contributed by atoms with van der Waals surface area (Å²) >= 11 is 0. The number of carbonyl (C=O) groups is 2. The normalized spacial score (nSPS) is 10.7. The summed E-state index contributed by atoms with van der Waals surface area (Å²) in [4.78, 5) is 28.0. The Bertz CT molecular complexity index is 1190. The minimum absolute atomic E-state index is 0.138. The molecular formula is C24H26N6O3. The highest BCUT2D eigenvalue weighted by atomic mass is 16.5.